The van der Waals surface area contributed by atoms with E-state index < -0.39 is 4.92 Å². The molecule has 1 saturated heterocycles. The van der Waals surface area contributed by atoms with Gasteiger partial charge in [-0.15, -0.1) is 0 Å². The van der Waals surface area contributed by atoms with Gasteiger partial charge in [-0.1, -0.05) is 4.98 Å². The first-order chi connectivity index (χ1) is 9.65. The number of hydrogen-bond acceptors (Lipinski definition) is 6. The van der Waals surface area contributed by atoms with Gasteiger partial charge in [-0.2, -0.15) is 0 Å². The lowest BCUT2D eigenvalue weighted by Gasteiger charge is -2.35. The number of nitro groups is 1. The van der Waals surface area contributed by atoms with Crippen molar-refractivity contribution >= 4 is 5.95 Å². The Labute approximate surface area is 117 Å². The fraction of sp³-hybridized carbons (Fsp3) is 0.750. The molecule has 1 aromatic heterocycles. The van der Waals surface area contributed by atoms with E-state index in [1.165, 1.54) is 6.20 Å². The van der Waals surface area contributed by atoms with Crippen LogP contribution in [0.3, 0.4) is 0 Å². The fourth-order valence-corrected chi connectivity index (χ4v) is 2.63. The van der Waals surface area contributed by atoms with Gasteiger partial charge in [0.25, 0.3) is 0 Å². The van der Waals surface area contributed by atoms with Crippen LogP contribution in [0.15, 0.2) is 12.4 Å². The molecule has 0 amide bonds. The highest BCUT2D eigenvalue weighted by Gasteiger charge is 2.27. The van der Waals surface area contributed by atoms with Crippen molar-refractivity contribution in [1.82, 2.24) is 14.5 Å². The van der Waals surface area contributed by atoms with Gasteiger partial charge in [0.15, 0.2) is 0 Å². The summed E-state index contributed by atoms with van der Waals surface area (Å²) in [4.78, 5) is 16.3. The van der Waals surface area contributed by atoms with Crippen LogP contribution in [0.5, 0.6) is 0 Å². The van der Waals surface area contributed by atoms with Crippen LogP contribution in [0.2, 0.25) is 0 Å². The normalized spacial score (nSPS) is 17.8. The van der Waals surface area contributed by atoms with E-state index in [1.807, 2.05) is 0 Å². The summed E-state index contributed by atoms with van der Waals surface area (Å²) in [7, 11) is 3.24. The number of piperidine rings is 1. The molecule has 2 heterocycles. The summed E-state index contributed by atoms with van der Waals surface area (Å²) >= 11 is 0. The van der Waals surface area contributed by atoms with Crippen LogP contribution in [0, 0.1) is 16.0 Å². The third kappa shape index (κ3) is 3.33. The molecule has 1 aliphatic heterocycles. The predicted octanol–water partition coefficient (Wildman–Crippen LogP) is 1.08. The molecule has 0 aliphatic carbocycles. The summed E-state index contributed by atoms with van der Waals surface area (Å²) in [5.74, 6) is 0.326. The maximum absolute atomic E-state index is 10.8. The van der Waals surface area contributed by atoms with Crippen LogP contribution in [-0.4, -0.2) is 53.1 Å². The lowest BCUT2D eigenvalue weighted by molar-refractivity contribution is -0.396. The maximum atomic E-state index is 10.8. The zero-order valence-electron chi connectivity index (χ0n) is 11.8. The predicted molar refractivity (Wildman–Crippen MR) is 71.0 cm³/mol. The molecule has 1 fully saturated rings. The Morgan fingerprint density at radius 2 is 2.10 bits per heavy atom. The Hall–Kier alpha value is -1.51. The van der Waals surface area contributed by atoms with E-state index in [1.54, 1.807) is 25.0 Å². The van der Waals surface area contributed by atoms with Crippen LogP contribution in [0.1, 0.15) is 12.8 Å². The van der Waals surface area contributed by atoms with Gasteiger partial charge < -0.3 is 19.6 Å². The molecule has 0 bridgehead atoms. The summed E-state index contributed by atoms with van der Waals surface area (Å²) in [6, 6.07) is 0. The summed E-state index contributed by atoms with van der Waals surface area (Å²) in [6.07, 6.45) is 4.74. The van der Waals surface area contributed by atoms with Crippen molar-refractivity contribution < 1.29 is 14.4 Å². The molecule has 8 nitrogen and oxygen atoms in total. The number of ether oxygens (including phenoxy) is 2. The van der Waals surface area contributed by atoms with E-state index in [0.29, 0.717) is 12.5 Å². The van der Waals surface area contributed by atoms with E-state index in [0.717, 1.165) is 25.9 Å². The second-order valence-corrected chi connectivity index (χ2v) is 4.89. The molecule has 1 aliphatic rings. The van der Waals surface area contributed by atoms with E-state index >= 15 is 0 Å². The molecule has 0 atom stereocenters. The Morgan fingerprint density at radius 3 is 2.65 bits per heavy atom. The molecule has 0 unspecified atom stereocenters. The lowest BCUT2D eigenvalue weighted by Crippen LogP contribution is -2.43. The highest BCUT2D eigenvalue weighted by Crippen LogP contribution is 2.22. The lowest BCUT2D eigenvalue weighted by atomic mass is 9.97. The minimum Gasteiger partial charge on any atom is -0.390 e. The Bertz CT molecular complexity index is 438. The zero-order valence-corrected chi connectivity index (χ0v) is 11.8. The molecule has 112 valence electrons. The van der Waals surface area contributed by atoms with E-state index in [2.05, 4.69) is 9.88 Å². The van der Waals surface area contributed by atoms with Gasteiger partial charge in [0.05, 0.1) is 6.54 Å². The molecule has 0 spiro atoms. The number of hydrogen-bond donors (Lipinski definition) is 0. The van der Waals surface area contributed by atoms with E-state index in [4.69, 9.17) is 9.47 Å². The summed E-state index contributed by atoms with van der Waals surface area (Å²) in [5.41, 5.74) is 0. The molecule has 0 aromatic carbocycles. The number of likely N-dealkylation sites (tertiary alicyclic amines) is 1. The van der Waals surface area contributed by atoms with Gasteiger partial charge >= 0.3 is 5.95 Å². The highest BCUT2D eigenvalue weighted by atomic mass is 16.7. The van der Waals surface area contributed by atoms with Crippen LogP contribution in [-0.2, 0) is 16.0 Å². The zero-order chi connectivity index (χ0) is 14.5. The molecule has 0 N–H and O–H groups in total. The molecule has 20 heavy (non-hydrogen) atoms. The number of nitrogens with zero attached hydrogens (tertiary/aromatic N) is 4. The van der Waals surface area contributed by atoms with Crippen molar-refractivity contribution in [3.63, 3.8) is 0 Å². The molecular weight excluding hydrogens is 264 g/mol. The summed E-state index contributed by atoms with van der Waals surface area (Å²) < 4.78 is 12.1. The topological polar surface area (TPSA) is 82.7 Å². The molecular formula is C12H20N4O4. The smallest absolute Gasteiger partial charge is 0.390 e. The average Bonchev–Trinajstić information content (AvgIpc) is 2.90. The standard InChI is InChI=1S/C12H20N4O4/c1-19-12(20-2)14-6-3-10(4-7-14)9-15-8-5-13-11(15)16(17)18/h5,8,10,12H,3-4,6-7,9H2,1-2H3. The van der Waals surface area contributed by atoms with Crippen molar-refractivity contribution in [3.8, 4) is 0 Å². The summed E-state index contributed by atoms with van der Waals surface area (Å²) in [6.45, 7) is 2.35. The Balaban J connectivity index is 1.88. The van der Waals surface area contributed by atoms with Crippen LogP contribution < -0.4 is 0 Å². The van der Waals surface area contributed by atoms with Gasteiger partial charge in [0.1, 0.15) is 12.4 Å². The van der Waals surface area contributed by atoms with E-state index in [-0.39, 0.29) is 12.4 Å². The third-order valence-corrected chi connectivity index (χ3v) is 3.66. The first kappa shape index (κ1) is 14.9. The van der Waals surface area contributed by atoms with Crippen LogP contribution in [0.4, 0.5) is 5.95 Å². The molecule has 0 saturated carbocycles. The fourth-order valence-electron chi connectivity index (χ4n) is 2.63. The van der Waals surface area contributed by atoms with Crippen molar-refractivity contribution in [2.75, 3.05) is 27.3 Å². The van der Waals surface area contributed by atoms with Crippen molar-refractivity contribution in [2.24, 2.45) is 5.92 Å². The van der Waals surface area contributed by atoms with Gasteiger partial charge in [-0.05, 0) is 23.7 Å². The van der Waals surface area contributed by atoms with Crippen LogP contribution in [0.25, 0.3) is 0 Å². The first-order valence-electron chi connectivity index (χ1n) is 6.61. The summed E-state index contributed by atoms with van der Waals surface area (Å²) in [5, 5.41) is 10.8. The second kappa shape index (κ2) is 6.78. The first-order valence-corrected chi connectivity index (χ1v) is 6.61. The largest absolute Gasteiger partial charge is 0.434 e. The average molecular weight is 284 g/mol. The minimum absolute atomic E-state index is 0.0842. The van der Waals surface area contributed by atoms with Crippen molar-refractivity contribution in [3.05, 3.63) is 22.5 Å². The Morgan fingerprint density at radius 1 is 1.45 bits per heavy atom. The number of imidazole rings is 1. The van der Waals surface area contributed by atoms with Crippen molar-refractivity contribution in [1.29, 1.82) is 0 Å². The Kier molecular flexibility index (Phi) is 5.05. The number of aromatic nitrogens is 2. The third-order valence-electron chi connectivity index (χ3n) is 3.66. The van der Waals surface area contributed by atoms with Gasteiger partial charge in [0, 0.05) is 27.3 Å². The second-order valence-electron chi connectivity index (χ2n) is 4.89. The van der Waals surface area contributed by atoms with Gasteiger partial charge in [0.2, 0.25) is 6.41 Å². The quantitative estimate of drug-likeness (QED) is 0.441. The highest BCUT2D eigenvalue weighted by molar-refractivity contribution is 5.06. The van der Waals surface area contributed by atoms with Gasteiger partial charge in [-0.3, -0.25) is 4.90 Å². The molecule has 0 radical (unpaired) electrons. The monoisotopic (exact) mass is 284 g/mol. The van der Waals surface area contributed by atoms with E-state index in [9.17, 15) is 10.1 Å². The van der Waals surface area contributed by atoms with Crippen molar-refractivity contribution in [2.45, 2.75) is 25.8 Å². The number of rotatable bonds is 6. The van der Waals surface area contributed by atoms with Crippen LogP contribution >= 0.6 is 0 Å². The molecule has 1 aromatic rings. The number of methoxy groups -OCH3 is 2. The SMILES string of the molecule is COC(OC)N1CCC(Cn2ccnc2[N+](=O)[O-])CC1. The maximum Gasteiger partial charge on any atom is 0.434 e. The molecule has 2 rings (SSSR count). The minimum atomic E-state index is -0.443. The molecule has 8 heteroatoms. The van der Waals surface area contributed by atoms with Gasteiger partial charge in [-0.25, -0.2) is 4.57 Å².